The number of sulfonamides is 1. The molecule has 0 bridgehead atoms. The van der Waals surface area contributed by atoms with Crippen LogP contribution in [0.5, 0.6) is 5.75 Å². The van der Waals surface area contributed by atoms with Crippen molar-refractivity contribution in [2.75, 3.05) is 7.11 Å². The summed E-state index contributed by atoms with van der Waals surface area (Å²) >= 11 is 0. The molecule has 0 fully saturated rings. The van der Waals surface area contributed by atoms with Crippen LogP contribution in [-0.4, -0.2) is 25.7 Å². The van der Waals surface area contributed by atoms with Crippen LogP contribution in [0.3, 0.4) is 0 Å². The van der Waals surface area contributed by atoms with Gasteiger partial charge in [0.05, 0.1) is 13.7 Å². The van der Waals surface area contributed by atoms with Crippen LogP contribution >= 0.6 is 0 Å². The molecular weight excluding hydrogens is 318 g/mol. The molecule has 0 unspecified atom stereocenters. The first kappa shape index (κ1) is 17.4. The second kappa shape index (κ2) is 6.67. The fraction of sp³-hybridized carbons (Fsp3) is 0.467. The van der Waals surface area contributed by atoms with Crippen molar-refractivity contribution in [1.82, 2.24) is 14.9 Å². The number of rotatable bonds is 6. The zero-order chi connectivity index (χ0) is 17.2. The van der Waals surface area contributed by atoms with Gasteiger partial charge in [0.2, 0.25) is 21.8 Å². The van der Waals surface area contributed by atoms with E-state index >= 15 is 0 Å². The SMILES string of the molecule is COc1cc(C)c(C)cc1S(=O)(=O)NCc1nnc(C(C)C)o1. The highest BCUT2D eigenvalue weighted by atomic mass is 32.2. The van der Waals surface area contributed by atoms with Crippen molar-refractivity contribution in [3.05, 3.63) is 35.0 Å². The Bertz CT molecular complexity index is 797. The molecule has 2 rings (SSSR count). The van der Waals surface area contributed by atoms with Gasteiger partial charge in [-0.15, -0.1) is 10.2 Å². The molecule has 0 amide bonds. The number of aromatic nitrogens is 2. The van der Waals surface area contributed by atoms with E-state index in [9.17, 15) is 8.42 Å². The number of nitrogens with one attached hydrogen (secondary N) is 1. The monoisotopic (exact) mass is 339 g/mol. The number of methoxy groups -OCH3 is 1. The first-order chi connectivity index (χ1) is 10.7. The van der Waals surface area contributed by atoms with Gasteiger partial charge in [0, 0.05) is 5.92 Å². The maximum Gasteiger partial charge on any atom is 0.244 e. The molecular formula is C15H21N3O4S. The van der Waals surface area contributed by atoms with E-state index in [4.69, 9.17) is 9.15 Å². The van der Waals surface area contributed by atoms with Gasteiger partial charge in [0.25, 0.3) is 0 Å². The van der Waals surface area contributed by atoms with E-state index in [1.54, 1.807) is 12.1 Å². The van der Waals surface area contributed by atoms with E-state index in [1.165, 1.54) is 7.11 Å². The van der Waals surface area contributed by atoms with Gasteiger partial charge in [-0.05, 0) is 37.1 Å². The molecule has 0 aliphatic heterocycles. The molecule has 1 aromatic heterocycles. The van der Waals surface area contributed by atoms with Crippen LogP contribution in [0, 0.1) is 13.8 Å². The maximum absolute atomic E-state index is 12.5. The van der Waals surface area contributed by atoms with Gasteiger partial charge in [-0.2, -0.15) is 0 Å². The molecule has 126 valence electrons. The maximum atomic E-state index is 12.5. The highest BCUT2D eigenvalue weighted by Gasteiger charge is 2.21. The Morgan fingerprint density at radius 2 is 1.87 bits per heavy atom. The van der Waals surface area contributed by atoms with Crippen molar-refractivity contribution in [3.63, 3.8) is 0 Å². The smallest absolute Gasteiger partial charge is 0.244 e. The van der Waals surface area contributed by atoms with Gasteiger partial charge in [-0.1, -0.05) is 13.8 Å². The molecule has 0 aliphatic carbocycles. The Labute approximate surface area is 136 Å². The Kier molecular flexibility index (Phi) is 5.06. The number of hydrogen-bond acceptors (Lipinski definition) is 6. The third-order valence-corrected chi connectivity index (χ3v) is 4.88. The summed E-state index contributed by atoms with van der Waals surface area (Å²) in [5.74, 6) is 1.09. The van der Waals surface area contributed by atoms with Crippen LogP contribution < -0.4 is 9.46 Å². The van der Waals surface area contributed by atoms with Gasteiger partial charge >= 0.3 is 0 Å². The van der Waals surface area contributed by atoms with Crippen molar-refractivity contribution in [2.45, 2.75) is 45.1 Å². The van der Waals surface area contributed by atoms with Gasteiger partial charge in [-0.25, -0.2) is 13.1 Å². The summed E-state index contributed by atoms with van der Waals surface area (Å²) in [6, 6.07) is 3.29. The van der Waals surface area contributed by atoms with Crippen LogP contribution in [0.4, 0.5) is 0 Å². The molecule has 8 heteroatoms. The van der Waals surface area contributed by atoms with E-state index in [0.717, 1.165) is 11.1 Å². The fourth-order valence-electron chi connectivity index (χ4n) is 1.94. The van der Waals surface area contributed by atoms with Crippen molar-refractivity contribution in [2.24, 2.45) is 0 Å². The van der Waals surface area contributed by atoms with Crippen LogP contribution in [0.1, 0.15) is 42.7 Å². The normalized spacial score (nSPS) is 11.9. The summed E-state index contributed by atoms with van der Waals surface area (Å²) in [5.41, 5.74) is 1.82. The summed E-state index contributed by atoms with van der Waals surface area (Å²) in [4.78, 5) is 0.0895. The van der Waals surface area contributed by atoms with E-state index in [-0.39, 0.29) is 23.2 Å². The molecule has 0 aliphatic rings. The number of benzene rings is 1. The molecule has 1 heterocycles. The molecule has 0 radical (unpaired) electrons. The Hall–Kier alpha value is -1.93. The minimum atomic E-state index is -3.75. The number of hydrogen-bond donors (Lipinski definition) is 1. The van der Waals surface area contributed by atoms with Gasteiger partial charge < -0.3 is 9.15 Å². The summed E-state index contributed by atoms with van der Waals surface area (Å²) in [5, 5.41) is 7.71. The molecule has 23 heavy (non-hydrogen) atoms. The Balaban J connectivity index is 2.23. The highest BCUT2D eigenvalue weighted by molar-refractivity contribution is 7.89. The first-order valence-electron chi connectivity index (χ1n) is 7.21. The first-order valence-corrected chi connectivity index (χ1v) is 8.70. The van der Waals surface area contributed by atoms with Crippen LogP contribution in [-0.2, 0) is 16.6 Å². The summed E-state index contributed by atoms with van der Waals surface area (Å²) in [6.07, 6.45) is 0. The molecule has 2 aromatic rings. The van der Waals surface area contributed by atoms with Crippen LogP contribution in [0.2, 0.25) is 0 Å². The predicted molar refractivity (Wildman–Crippen MR) is 84.9 cm³/mol. The largest absolute Gasteiger partial charge is 0.495 e. The molecule has 7 nitrogen and oxygen atoms in total. The van der Waals surface area contributed by atoms with Crippen molar-refractivity contribution in [1.29, 1.82) is 0 Å². The van der Waals surface area contributed by atoms with Gasteiger partial charge in [-0.3, -0.25) is 0 Å². The van der Waals surface area contributed by atoms with Gasteiger partial charge in [0.1, 0.15) is 10.6 Å². The third kappa shape index (κ3) is 3.89. The minimum absolute atomic E-state index is 0.0713. The summed E-state index contributed by atoms with van der Waals surface area (Å²) < 4.78 is 38.1. The number of nitrogens with zero attached hydrogens (tertiary/aromatic N) is 2. The Morgan fingerprint density at radius 3 is 2.43 bits per heavy atom. The van der Waals surface area contributed by atoms with E-state index < -0.39 is 10.0 Å². The van der Waals surface area contributed by atoms with E-state index in [1.807, 2.05) is 27.7 Å². The lowest BCUT2D eigenvalue weighted by atomic mass is 10.1. The summed E-state index contributed by atoms with van der Waals surface area (Å²) in [6.45, 7) is 7.51. The molecule has 0 saturated carbocycles. The molecule has 1 N–H and O–H groups in total. The number of ether oxygens (including phenoxy) is 1. The molecule has 0 atom stereocenters. The van der Waals surface area contributed by atoms with Crippen LogP contribution in [0.25, 0.3) is 0 Å². The average Bonchev–Trinajstić information content (AvgIpc) is 2.96. The number of aryl methyl sites for hydroxylation is 2. The van der Waals surface area contributed by atoms with Gasteiger partial charge in [0.15, 0.2) is 0 Å². The predicted octanol–water partition coefficient (Wildman–Crippen LogP) is 2.30. The third-order valence-electron chi connectivity index (χ3n) is 3.46. The zero-order valence-electron chi connectivity index (χ0n) is 13.9. The lowest BCUT2D eigenvalue weighted by molar-refractivity contribution is 0.401. The zero-order valence-corrected chi connectivity index (χ0v) is 14.7. The fourth-order valence-corrected chi connectivity index (χ4v) is 3.15. The van der Waals surface area contributed by atoms with Crippen LogP contribution in [0.15, 0.2) is 21.4 Å². The molecule has 0 saturated heterocycles. The van der Waals surface area contributed by atoms with E-state index in [0.29, 0.717) is 11.6 Å². The second-order valence-electron chi connectivity index (χ2n) is 5.60. The summed E-state index contributed by atoms with van der Waals surface area (Å²) in [7, 11) is -2.31. The van der Waals surface area contributed by atoms with E-state index in [2.05, 4.69) is 14.9 Å². The molecule has 1 aromatic carbocycles. The Morgan fingerprint density at radius 1 is 1.22 bits per heavy atom. The van der Waals surface area contributed by atoms with Crippen molar-refractivity contribution < 1.29 is 17.6 Å². The highest BCUT2D eigenvalue weighted by Crippen LogP contribution is 2.27. The topological polar surface area (TPSA) is 94.3 Å². The standard InChI is InChI=1S/C15H21N3O4S/c1-9(2)15-18-17-14(22-15)8-16-23(19,20)13-7-11(4)10(3)6-12(13)21-5/h6-7,9,16H,8H2,1-5H3. The average molecular weight is 339 g/mol. The lowest BCUT2D eigenvalue weighted by Gasteiger charge is -2.12. The molecule has 0 spiro atoms. The second-order valence-corrected chi connectivity index (χ2v) is 7.34. The van der Waals surface area contributed by atoms with Crippen molar-refractivity contribution in [3.8, 4) is 5.75 Å². The minimum Gasteiger partial charge on any atom is -0.495 e. The lowest BCUT2D eigenvalue weighted by Crippen LogP contribution is -2.24. The van der Waals surface area contributed by atoms with Crippen molar-refractivity contribution >= 4 is 10.0 Å². The quantitative estimate of drug-likeness (QED) is 0.868.